The third kappa shape index (κ3) is 2.63. The smallest absolute Gasteiger partial charge is 0.308 e. The molecule has 0 spiro atoms. The predicted molar refractivity (Wildman–Crippen MR) is 70.8 cm³/mol. The van der Waals surface area contributed by atoms with Crippen LogP contribution in [0.15, 0.2) is 18.2 Å². The van der Waals surface area contributed by atoms with Crippen molar-refractivity contribution in [1.29, 1.82) is 0 Å². The van der Waals surface area contributed by atoms with Gasteiger partial charge in [-0.1, -0.05) is 0 Å². The van der Waals surface area contributed by atoms with E-state index in [1.54, 1.807) is 0 Å². The van der Waals surface area contributed by atoms with E-state index in [4.69, 9.17) is 5.11 Å². The summed E-state index contributed by atoms with van der Waals surface area (Å²) in [5, 5.41) is 8.89. The molecule has 2 rings (SSSR count). The van der Waals surface area contributed by atoms with Gasteiger partial charge in [0.05, 0.1) is 11.5 Å². The van der Waals surface area contributed by atoms with E-state index in [1.165, 1.54) is 23.1 Å². The normalized spacial score (nSPS) is 19.0. The van der Waals surface area contributed by atoms with Crippen LogP contribution in [0.25, 0.3) is 0 Å². The van der Waals surface area contributed by atoms with E-state index < -0.39 is 11.9 Å². The van der Waals surface area contributed by atoms with E-state index in [-0.39, 0.29) is 18.3 Å². The minimum atomic E-state index is -0.876. The van der Waals surface area contributed by atoms with Crippen molar-refractivity contribution in [3.8, 4) is 0 Å². The lowest BCUT2D eigenvalue weighted by Crippen LogP contribution is -2.30. The van der Waals surface area contributed by atoms with Gasteiger partial charge in [0.2, 0.25) is 0 Å². The molecular formula is C12H11FINO3. The molecule has 1 aliphatic rings. The molecule has 1 aromatic carbocycles. The number of likely N-dealkylation sites (tertiary alicyclic amines) is 1. The van der Waals surface area contributed by atoms with Crippen LogP contribution in [0, 0.1) is 15.3 Å². The molecule has 18 heavy (non-hydrogen) atoms. The molecule has 1 amide bonds. The van der Waals surface area contributed by atoms with Gasteiger partial charge in [0, 0.05) is 16.7 Å². The number of aliphatic carboxylic acids is 1. The van der Waals surface area contributed by atoms with E-state index in [1.807, 2.05) is 22.6 Å². The van der Waals surface area contributed by atoms with Crippen molar-refractivity contribution >= 4 is 34.5 Å². The van der Waals surface area contributed by atoms with Crippen LogP contribution in [-0.4, -0.2) is 35.0 Å². The zero-order valence-corrected chi connectivity index (χ0v) is 11.6. The minimum absolute atomic E-state index is 0.224. The molecule has 1 N–H and O–H groups in total. The third-order valence-corrected chi connectivity index (χ3v) is 3.88. The summed E-state index contributed by atoms with van der Waals surface area (Å²) in [6.45, 7) is 0.658. The van der Waals surface area contributed by atoms with Gasteiger partial charge in [-0.05, 0) is 47.2 Å². The van der Waals surface area contributed by atoms with Crippen LogP contribution in [0.2, 0.25) is 0 Å². The summed E-state index contributed by atoms with van der Waals surface area (Å²) < 4.78 is 13.5. The van der Waals surface area contributed by atoms with Crippen molar-refractivity contribution < 1.29 is 19.1 Å². The Kier molecular flexibility index (Phi) is 3.84. The number of carboxylic acids is 1. The molecule has 6 heteroatoms. The number of nitrogens with zero attached hydrogens (tertiary/aromatic N) is 1. The number of hydrogen-bond acceptors (Lipinski definition) is 2. The highest BCUT2D eigenvalue weighted by atomic mass is 127. The number of amides is 1. The first-order valence-electron chi connectivity index (χ1n) is 5.46. The molecule has 4 nitrogen and oxygen atoms in total. The molecule has 0 bridgehead atoms. The molecule has 96 valence electrons. The molecule has 0 aromatic heterocycles. The monoisotopic (exact) mass is 363 g/mol. The summed E-state index contributed by atoms with van der Waals surface area (Å²) in [5.41, 5.74) is 0.419. The van der Waals surface area contributed by atoms with Crippen molar-refractivity contribution in [3.63, 3.8) is 0 Å². The van der Waals surface area contributed by atoms with Gasteiger partial charge in [-0.15, -0.1) is 0 Å². The number of hydrogen-bond donors (Lipinski definition) is 1. The Labute approximate surface area is 117 Å². The lowest BCUT2D eigenvalue weighted by Gasteiger charge is -2.16. The highest BCUT2D eigenvalue weighted by Gasteiger charge is 2.31. The fourth-order valence-electron chi connectivity index (χ4n) is 1.98. The van der Waals surface area contributed by atoms with Crippen LogP contribution in [-0.2, 0) is 4.79 Å². The average Bonchev–Trinajstić information content (AvgIpc) is 2.77. The molecule has 1 fully saturated rings. The van der Waals surface area contributed by atoms with E-state index in [2.05, 4.69) is 0 Å². The zero-order chi connectivity index (χ0) is 13.3. The maximum Gasteiger partial charge on any atom is 0.308 e. The maximum absolute atomic E-state index is 12.9. The standard InChI is InChI=1S/C12H11FINO3/c13-8-1-2-9(10(14)5-8)11(16)15-4-3-7(6-15)12(17)18/h1-2,5,7H,3-4,6H2,(H,17,18). The van der Waals surface area contributed by atoms with Crippen molar-refractivity contribution in [2.24, 2.45) is 5.92 Å². The SMILES string of the molecule is O=C(O)C1CCN(C(=O)c2ccc(F)cc2I)C1. The van der Waals surface area contributed by atoms with Gasteiger partial charge in [-0.3, -0.25) is 9.59 Å². The highest BCUT2D eigenvalue weighted by molar-refractivity contribution is 14.1. The molecule has 1 atom stereocenters. The third-order valence-electron chi connectivity index (χ3n) is 2.99. The van der Waals surface area contributed by atoms with E-state index >= 15 is 0 Å². The van der Waals surface area contributed by atoms with Crippen LogP contribution in [0.4, 0.5) is 4.39 Å². The Hall–Kier alpha value is -1.18. The summed E-state index contributed by atoms with van der Waals surface area (Å²) in [5.74, 6) is -1.99. The van der Waals surface area contributed by atoms with Crippen molar-refractivity contribution in [1.82, 2.24) is 4.90 Å². The maximum atomic E-state index is 12.9. The molecule has 1 heterocycles. The number of carbonyl (C=O) groups is 2. The molecule has 0 aliphatic carbocycles. The zero-order valence-electron chi connectivity index (χ0n) is 9.40. The van der Waals surface area contributed by atoms with Crippen LogP contribution in [0.3, 0.4) is 0 Å². The Morgan fingerprint density at radius 2 is 2.17 bits per heavy atom. The van der Waals surface area contributed by atoms with Crippen molar-refractivity contribution in [3.05, 3.63) is 33.1 Å². The summed E-state index contributed by atoms with van der Waals surface area (Å²) >= 11 is 1.90. The largest absolute Gasteiger partial charge is 0.481 e. The molecule has 1 aromatic rings. The molecule has 1 saturated heterocycles. The quantitative estimate of drug-likeness (QED) is 0.818. The van der Waals surface area contributed by atoms with Crippen molar-refractivity contribution in [2.75, 3.05) is 13.1 Å². The van der Waals surface area contributed by atoms with E-state index in [0.717, 1.165) is 0 Å². The summed E-state index contributed by atoms with van der Waals surface area (Å²) in [4.78, 5) is 24.5. The first-order valence-corrected chi connectivity index (χ1v) is 6.54. The predicted octanol–water partition coefficient (Wildman–Crippen LogP) is 1.98. The second kappa shape index (κ2) is 5.21. The average molecular weight is 363 g/mol. The fourth-order valence-corrected chi connectivity index (χ4v) is 2.69. The molecular weight excluding hydrogens is 352 g/mol. The number of carboxylic acid groups (broad SMARTS) is 1. The van der Waals surface area contributed by atoms with Gasteiger partial charge in [-0.2, -0.15) is 0 Å². The summed E-state index contributed by atoms with van der Waals surface area (Å²) in [6.07, 6.45) is 0.471. The molecule has 1 aliphatic heterocycles. The second-order valence-electron chi connectivity index (χ2n) is 4.20. The molecule has 0 saturated carbocycles. The van der Waals surface area contributed by atoms with Gasteiger partial charge < -0.3 is 10.0 Å². The first kappa shape index (κ1) is 13.3. The summed E-state index contributed by atoms with van der Waals surface area (Å²) in [7, 11) is 0. The van der Waals surface area contributed by atoms with Gasteiger partial charge in [0.15, 0.2) is 0 Å². The van der Waals surface area contributed by atoms with E-state index in [0.29, 0.717) is 22.1 Å². The fraction of sp³-hybridized carbons (Fsp3) is 0.333. The summed E-state index contributed by atoms with van der Waals surface area (Å²) in [6, 6.07) is 3.96. The van der Waals surface area contributed by atoms with Crippen molar-refractivity contribution in [2.45, 2.75) is 6.42 Å². The lowest BCUT2D eigenvalue weighted by atomic mass is 10.1. The van der Waals surface area contributed by atoms with Crippen LogP contribution < -0.4 is 0 Å². The molecule has 0 radical (unpaired) electrons. The Morgan fingerprint density at radius 3 is 2.72 bits per heavy atom. The van der Waals surface area contributed by atoms with E-state index in [9.17, 15) is 14.0 Å². The Balaban J connectivity index is 2.15. The number of rotatable bonds is 2. The highest BCUT2D eigenvalue weighted by Crippen LogP contribution is 2.21. The Bertz CT molecular complexity index is 506. The minimum Gasteiger partial charge on any atom is -0.481 e. The van der Waals surface area contributed by atoms with Gasteiger partial charge in [-0.25, -0.2) is 4.39 Å². The topological polar surface area (TPSA) is 57.6 Å². The van der Waals surface area contributed by atoms with Gasteiger partial charge in [0.25, 0.3) is 5.91 Å². The van der Waals surface area contributed by atoms with Gasteiger partial charge >= 0.3 is 5.97 Å². The number of benzene rings is 1. The van der Waals surface area contributed by atoms with Crippen LogP contribution >= 0.6 is 22.6 Å². The molecule has 1 unspecified atom stereocenters. The number of carbonyl (C=O) groups excluding carboxylic acids is 1. The van der Waals surface area contributed by atoms with Crippen LogP contribution in [0.1, 0.15) is 16.8 Å². The lowest BCUT2D eigenvalue weighted by molar-refractivity contribution is -0.141. The Morgan fingerprint density at radius 1 is 1.44 bits per heavy atom. The second-order valence-corrected chi connectivity index (χ2v) is 5.36. The van der Waals surface area contributed by atoms with Gasteiger partial charge in [0.1, 0.15) is 5.82 Å². The number of halogens is 2. The first-order chi connectivity index (χ1) is 8.49. The van der Waals surface area contributed by atoms with Crippen LogP contribution in [0.5, 0.6) is 0 Å².